The van der Waals surface area contributed by atoms with Crippen LogP contribution in [0.1, 0.15) is 11.1 Å². The molecule has 0 unspecified atom stereocenters. The first-order valence-corrected chi connectivity index (χ1v) is 9.59. The summed E-state index contributed by atoms with van der Waals surface area (Å²) in [4.78, 5) is 26.4. The molecule has 3 aromatic carbocycles. The van der Waals surface area contributed by atoms with E-state index in [4.69, 9.17) is 9.47 Å². The van der Waals surface area contributed by atoms with Crippen LogP contribution < -0.4 is 20.7 Å². The minimum atomic E-state index is -0.342. The van der Waals surface area contributed by atoms with Gasteiger partial charge in [0.1, 0.15) is 11.5 Å². The van der Waals surface area contributed by atoms with Crippen LogP contribution >= 0.6 is 0 Å². The second-order valence-electron chi connectivity index (χ2n) is 6.97. The van der Waals surface area contributed by atoms with Gasteiger partial charge in [0, 0.05) is 0 Å². The molecule has 0 radical (unpaired) electrons. The molecule has 4 aromatic rings. The number of para-hydroxylation sites is 1. The second kappa shape index (κ2) is 8.29. The maximum atomic E-state index is 13.3. The molecule has 0 fully saturated rings. The first-order chi connectivity index (χ1) is 14.6. The first-order valence-electron chi connectivity index (χ1n) is 9.59. The highest BCUT2D eigenvalue weighted by atomic mass is 16.5. The summed E-state index contributed by atoms with van der Waals surface area (Å²) in [7, 11) is 3.21. The molecule has 0 saturated heterocycles. The third-order valence-electron chi connectivity index (χ3n) is 5.13. The maximum absolute atomic E-state index is 13.3. The fraction of sp³-hybridized carbons (Fsp3) is 0.167. The topological polar surface area (TPSA) is 62.5 Å². The molecule has 0 spiro atoms. The van der Waals surface area contributed by atoms with Crippen molar-refractivity contribution in [3.63, 3.8) is 0 Å². The van der Waals surface area contributed by atoms with Crippen molar-refractivity contribution in [2.24, 2.45) is 0 Å². The Bertz CT molecular complexity index is 1290. The molecule has 0 aliphatic carbocycles. The van der Waals surface area contributed by atoms with Crippen molar-refractivity contribution in [3.8, 4) is 11.5 Å². The first kappa shape index (κ1) is 19.5. The maximum Gasteiger partial charge on any atom is 0.332 e. The van der Waals surface area contributed by atoms with Crippen molar-refractivity contribution in [1.29, 1.82) is 0 Å². The minimum Gasteiger partial charge on any atom is -0.497 e. The normalized spacial score (nSPS) is 10.9. The fourth-order valence-electron chi connectivity index (χ4n) is 3.49. The van der Waals surface area contributed by atoms with Crippen LogP contribution in [0.25, 0.3) is 10.9 Å². The summed E-state index contributed by atoms with van der Waals surface area (Å²) in [5, 5.41) is 0.513. The summed E-state index contributed by atoms with van der Waals surface area (Å²) in [6.45, 7) is 0.543. The third kappa shape index (κ3) is 3.72. The number of methoxy groups -OCH3 is 2. The molecule has 1 aromatic heterocycles. The number of rotatable bonds is 6. The van der Waals surface area contributed by atoms with E-state index in [1.165, 1.54) is 4.57 Å². The van der Waals surface area contributed by atoms with Crippen LogP contribution in [0.2, 0.25) is 0 Å². The molecular weight excluding hydrogens is 380 g/mol. The summed E-state index contributed by atoms with van der Waals surface area (Å²) in [6, 6.07) is 22.1. The van der Waals surface area contributed by atoms with Gasteiger partial charge in [-0.1, -0.05) is 36.4 Å². The highest BCUT2D eigenvalue weighted by Gasteiger charge is 2.14. The van der Waals surface area contributed by atoms with Crippen molar-refractivity contribution in [2.75, 3.05) is 14.2 Å². The van der Waals surface area contributed by atoms with Crippen LogP contribution in [0.4, 0.5) is 0 Å². The summed E-state index contributed by atoms with van der Waals surface area (Å²) in [5.41, 5.74) is 1.77. The Morgan fingerprint density at radius 3 is 1.70 bits per heavy atom. The molecular formula is C24H22N2O4. The van der Waals surface area contributed by atoms with Crippen molar-refractivity contribution in [3.05, 3.63) is 105 Å². The lowest BCUT2D eigenvalue weighted by Gasteiger charge is -2.15. The lowest BCUT2D eigenvalue weighted by molar-refractivity contribution is 0.414. The Balaban J connectivity index is 1.82. The van der Waals surface area contributed by atoms with Crippen molar-refractivity contribution >= 4 is 10.9 Å². The lowest BCUT2D eigenvalue weighted by atomic mass is 10.2. The summed E-state index contributed by atoms with van der Waals surface area (Å²) in [6.07, 6.45) is 0. The predicted octanol–water partition coefficient (Wildman–Crippen LogP) is 3.28. The van der Waals surface area contributed by atoms with E-state index in [0.717, 1.165) is 22.6 Å². The molecule has 6 heteroatoms. The molecule has 0 N–H and O–H groups in total. The van der Waals surface area contributed by atoms with E-state index in [9.17, 15) is 9.59 Å². The summed E-state index contributed by atoms with van der Waals surface area (Å²) >= 11 is 0. The SMILES string of the molecule is COc1ccc(Cn2c(=O)c3ccccc3n(Cc3ccc(OC)cc3)c2=O)cc1. The zero-order valence-corrected chi connectivity index (χ0v) is 16.9. The van der Waals surface area contributed by atoms with Gasteiger partial charge in [-0.2, -0.15) is 0 Å². The van der Waals surface area contributed by atoms with Gasteiger partial charge in [0.15, 0.2) is 0 Å². The second-order valence-corrected chi connectivity index (χ2v) is 6.97. The molecule has 30 heavy (non-hydrogen) atoms. The van der Waals surface area contributed by atoms with Gasteiger partial charge in [-0.25, -0.2) is 4.79 Å². The van der Waals surface area contributed by atoms with E-state index >= 15 is 0 Å². The zero-order valence-electron chi connectivity index (χ0n) is 16.9. The van der Waals surface area contributed by atoms with Crippen LogP contribution in [0, 0.1) is 0 Å². The highest BCUT2D eigenvalue weighted by molar-refractivity contribution is 5.78. The molecule has 0 bridgehead atoms. The molecule has 0 aliphatic heterocycles. The van der Waals surface area contributed by atoms with E-state index in [0.29, 0.717) is 17.4 Å². The van der Waals surface area contributed by atoms with Crippen LogP contribution in [-0.4, -0.2) is 23.4 Å². The number of ether oxygens (including phenoxy) is 2. The molecule has 0 amide bonds. The molecule has 1 heterocycles. The summed E-state index contributed by atoms with van der Waals surface area (Å²) < 4.78 is 13.3. The van der Waals surface area contributed by atoms with Crippen LogP contribution in [-0.2, 0) is 13.1 Å². The van der Waals surface area contributed by atoms with E-state index in [1.54, 1.807) is 30.9 Å². The fourth-order valence-corrected chi connectivity index (χ4v) is 3.49. The molecule has 0 atom stereocenters. The zero-order chi connectivity index (χ0) is 21.1. The molecule has 152 valence electrons. The van der Waals surface area contributed by atoms with E-state index < -0.39 is 0 Å². The molecule has 6 nitrogen and oxygen atoms in total. The highest BCUT2D eigenvalue weighted by Crippen LogP contribution is 2.15. The van der Waals surface area contributed by atoms with Crippen LogP contribution in [0.15, 0.2) is 82.4 Å². The number of nitrogens with zero attached hydrogens (tertiary/aromatic N) is 2. The summed E-state index contributed by atoms with van der Waals surface area (Å²) in [5.74, 6) is 1.47. The Labute approximate surface area is 173 Å². The Morgan fingerprint density at radius 1 is 0.667 bits per heavy atom. The van der Waals surface area contributed by atoms with E-state index in [-0.39, 0.29) is 17.8 Å². The van der Waals surface area contributed by atoms with Crippen molar-refractivity contribution < 1.29 is 9.47 Å². The lowest BCUT2D eigenvalue weighted by Crippen LogP contribution is -2.40. The average molecular weight is 402 g/mol. The number of fused-ring (bicyclic) bond motifs is 1. The molecule has 0 saturated carbocycles. The van der Waals surface area contributed by atoms with E-state index in [1.807, 2.05) is 60.7 Å². The van der Waals surface area contributed by atoms with Gasteiger partial charge in [-0.15, -0.1) is 0 Å². The molecule has 4 rings (SSSR count). The van der Waals surface area contributed by atoms with Crippen LogP contribution in [0.3, 0.4) is 0 Å². The predicted molar refractivity (Wildman–Crippen MR) is 117 cm³/mol. The Morgan fingerprint density at radius 2 is 1.17 bits per heavy atom. The number of hydrogen-bond acceptors (Lipinski definition) is 4. The van der Waals surface area contributed by atoms with Gasteiger partial charge in [0.05, 0.1) is 38.2 Å². The number of benzene rings is 3. The quantitative estimate of drug-likeness (QED) is 0.497. The third-order valence-corrected chi connectivity index (χ3v) is 5.13. The number of hydrogen-bond donors (Lipinski definition) is 0. The van der Waals surface area contributed by atoms with Crippen LogP contribution in [0.5, 0.6) is 11.5 Å². The van der Waals surface area contributed by atoms with Gasteiger partial charge in [0.25, 0.3) is 5.56 Å². The van der Waals surface area contributed by atoms with Crippen molar-refractivity contribution in [1.82, 2.24) is 9.13 Å². The van der Waals surface area contributed by atoms with Crippen molar-refractivity contribution in [2.45, 2.75) is 13.1 Å². The Hall–Kier alpha value is -3.80. The van der Waals surface area contributed by atoms with Gasteiger partial charge in [0.2, 0.25) is 0 Å². The van der Waals surface area contributed by atoms with E-state index in [2.05, 4.69) is 0 Å². The monoisotopic (exact) mass is 402 g/mol. The molecule has 0 aliphatic rings. The van der Waals surface area contributed by atoms with Gasteiger partial charge in [-0.05, 0) is 47.5 Å². The number of aromatic nitrogens is 2. The largest absolute Gasteiger partial charge is 0.497 e. The van der Waals surface area contributed by atoms with Gasteiger partial charge in [-0.3, -0.25) is 13.9 Å². The van der Waals surface area contributed by atoms with Gasteiger partial charge < -0.3 is 9.47 Å². The Kier molecular flexibility index (Phi) is 5.39. The average Bonchev–Trinajstić information content (AvgIpc) is 2.80. The standard InChI is InChI=1S/C24H22N2O4/c1-29-19-11-7-17(8-12-19)15-25-22-6-4-3-5-21(22)23(27)26(24(25)28)16-18-9-13-20(30-2)14-10-18/h3-14H,15-16H2,1-2H3. The smallest absolute Gasteiger partial charge is 0.332 e. The minimum absolute atomic E-state index is 0.190. The van der Waals surface area contributed by atoms with Gasteiger partial charge >= 0.3 is 5.69 Å².